The van der Waals surface area contributed by atoms with Crippen molar-refractivity contribution in [2.75, 3.05) is 18.5 Å². The summed E-state index contributed by atoms with van der Waals surface area (Å²) >= 11 is 0. The number of rotatable bonds is 6. The summed E-state index contributed by atoms with van der Waals surface area (Å²) in [6.07, 6.45) is 11.0. The molecule has 2 rings (SSSR count). The molecular weight excluding hydrogens is 290 g/mol. The molecule has 0 aromatic rings. The zero-order chi connectivity index (χ0) is 15.6. The minimum absolute atomic E-state index is 0.311. The van der Waals surface area contributed by atoms with E-state index in [4.69, 9.17) is 0 Å². The van der Waals surface area contributed by atoms with E-state index in [1.54, 1.807) is 24.9 Å². The average Bonchev–Trinajstić information content (AvgIpc) is 3.02. The smallest absolute Gasteiger partial charge is 0.0183 e. The molecule has 0 aromatic carbocycles. The molecule has 21 heavy (non-hydrogen) atoms. The van der Waals surface area contributed by atoms with Gasteiger partial charge in [-0.05, 0) is 78.9 Å². The molecular formula is C19H38P2. The maximum absolute atomic E-state index is 2.49. The summed E-state index contributed by atoms with van der Waals surface area (Å²) < 4.78 is 0. The molecule has 0 N–H and O–H groups in total. The van der Waals surface area contributed by atoms with Crippen LogP contribution in [0.2, 0.25) is 0 Å². The van der Waals surface area contributed by atoms with E-state index in [9.17, 15) is 0 Å². The van der Waals surface area contributed by atoms with Crippen LogP contribution in [-0.2, 0) is 0 Å². The molecule has 2 aliphatic heterocycles. The van der Waals surface area contributed by atoms with Crippen molar-refractivity contribution >= 4 is 15.8 Å². The largest absolute Gasteiger partial charge is 0.103 e. The third-order valence-corrected chi connectivity index (χ3v) is 14.0. The van der Waals surface area contributed by atoms with Gasteiger partial charge < -0.3 is 0 Å². The zero-order valence-electron chi connectivity index (χ0n) is 15.3. The lowest BCUT2D eigenvalue weighted by molar-refractivity contribution is 0.543. The van der Waals surface area contributed by atoms with Crippen LogP contribution >= 0.6 is 15.8 Å². The molecule has 0 aliphatic carbocycles. The van der Waals surface area contributed by atoms with Crippen LogP contribution in [0.1, 0.15) is 67.2 Å². The monoisotopic (exact) mass is 328 g/mol. The standard InChI is InChI=1S/C19H38P2/c1-14(2)17-8-7-11-20(17)12-13-21-18(15(3)4)9-10-19(21)16(5)6/h14-19H,7-13H2,1-6H3/t17-,18-,19-,20?/m0/s1. The van der Waals surface area contributed by atoms with Gasteiger partial charge in [-0.15, -0.1) is 7.92 Å². The Morgan fingerprint density at radius 1 is 0.714 bits per heavy atom. The molecule has 1 unspecified atom stereocenters. The highest BCUT2D eigenvalue weighted by molar-refractivity contribution is 7.63. The maximum Gasteiger partial charge on any atom is -0.0183 e. The number of hydrogen-bond donors (Lipinski definition) is 0. The first kappa shape index (κ1) is 18.2. The first-order valence-corrected chi connectivity index (χ1v) is 12.9. The minimum atomic E-state index is 0.311. The van der Waals surface area contributed by atoms with Crippen LogP contribution in [0.4, 0.5) is 0 Å². The van der Waals surface area contributed by atoms with Crippen molar-refractivity contribution in [3.63, 3.8) is 0 Å². The Bertz CT molecular complexity index is 295. The predicted octanol–water partition coefficient (Wildman–Crippen LogP) is 6.61. The fourth-order valence-electron chi connectivity index (χ4n) is 4.81. The van der Waals surface area contributed by atoms with Crippen molar-refractivity contribution in [3.05, 3.63) is 0 Å². The molecule has 124 valence electrons. The van der Waals surface area contributed by atoms with Crippen LogP contribution in [0.3, 0.4) is 0 Å². The summed E-state index contributed by atoms with van der Waals surface area (Å²) in [6.45, 7) is 14.9. The summed E-state index contributed by atoms with van der Waals surface area (Å²) in [5, 5.41) is 0. The molecule has 0 radical (unpaired) electrons. The van der Waals surface area contributed by atoms with E-state index in [2.05, 4.69) is 41.5 Å². The van der Waals surface area contributed by atoms with Gasteiger partial charge in [-0.25, -0.2) is 0 Å². The quantitative estimate of drug-likeness (QED) is 0.481. The van der Waals surface area contributed by atoms with Gasteiger partial charge in [0.05, 0.1) is 0 Å². The van der Waals surface area contributed by atoms with Crippen LogP contribution in [0, 0.1) is 17.8 Å². The Labute approximate surface area is 136 Å². The molecule has 2 fully saturated rings. The van der Waals surface area contributed by atoms with E-state index in [0.29, 0.717) is 15.8 Å². The van der Waals surface area contributed by atoms with E-state index in [-0.39, 0.29) is 0 Å². The van der Waals surface area contributed by atoms with Gasteiger partial charge >= 0.3 is 0 Å². The maximum atomic E-state index is 2.49. The van der Waals surface area contributed by atoms with Gasteiger partial charge in [0, 0.05) is 0 Å². The highest BCUT2D eigenvalue weighted by Gasteiger charge is 2.39. The fraction of sp³-hybridized carbons (Fsp3) is 1.00. The third kappa shape index (κ3) is 4.44. The van der Waals surface area contributed by atoms with Crippen molar-refractivity contribution in [2.24, 2.45) is 17.8 Å². The van der Waals surface area contributed by atoms with E-state index in [1.165, 1.54) is 19.3 Å². The second kappa shape index (κ2) is 8.11. The van der Waals surface area contributed by atoms with Crippen LogP contribution < -0.4 is 0 Å². The Hall–Kier alpha value is 0.860. The van der Waals surface area contributed by atoms with Crippen LogP contribution in [0.25, 0.3) is 0 Å². The second-order valence-electron chi connectivity index (χ2n) is 8.43. The average molecular weight is 328 g/mol. The second-order valence-corrected chi connectivity index (χ2v) is 14.0. The van der Waals surface area contributed by atoms with Crippen molar-refractivity contribution in [1.29, 1.82) is 0 Å². The fourth-order valence-corrected chi connectivity index (χ4v) is 13.3. The van der Waals surface area contributed by atoms with Gasteiger partial charge in [0.2, 0.25) is 0 Å². The lowest BCUT2D eigenvalue weighted by Gasteiger charge is -2.33. The third-order valence-electron chi connectivity index (χ3n) is 5.98. The Balaban J connectivity index is 1.95. The van der Waals surface area contributed by atoms with Gasteiger partial charge in [0.1, 0.15) is 0 Å². The van der Waals surface area contributed by atoms with E-state index in [1.807, 2.05) is 0 Å². The van der Waals surface area contributed by atoms with E-state index < -0.39 is 0 Å². The molecule has 0 spiro atoms. The first-order valence-electron chi connectivity index (χ1n) is 9.41. The molecule has 2 heteroatoms. The Morgan fingerprint density at radius 2 is 1.24 bits per heavy atom. The lowest BCUT2D eigenvalue weighted by Crippen LogP contribution is -2.18. The lowest BCUT2D eigenvalue weighted by atomic mass is 10.0. The summed E-state index contributed by atoms with van der Waals surface area (Å²) in [7, 11) is 0.686. The molecule has 0 aromatic heterocycles. The van der Waals surface area contributed by atoms with Crippen molar-refractivity contribution in [1.82, 2.24) is 0 Å². The Morgan fingerprint density at radius 3 is 1.71 bits per heavy atom. The molecule has 4 atom stereocenters. The first-order chi connectivity index (χ1) is 9.91. The molecule has 0 nitrogen and oxygen atoms in total. The molecule has 0 bridgehead atoms. The molecule has 2 heterocycles. The van der Waals surface area contributed by atoms with Crippen LogP contribution in [0.5, 0.6) is 0 Å². The van der Waals surface area contributed by atoms with Gasteiger partial charge in [-0.2, -0.15) is 0 Å². The van der Waals surface area contributed by atoms with Gasteiger partial charge in [-0.3, -0.25) is 0 Å². The molecule has 2 aliphatic rings. The van der Waals surface area contributed by atoms with Crippen molar-refractivity contribution in [3.8, 4) is 0 Å². The van der Waals surface area contributed by atoms with E-state index >= 15 is 0 Å². The minimum Gasteiger partial charge on any atom is -0.103 e. The molecule has 0 amide bonds. The highest BCUT2D eigenvalue weighted by Crippen LogP contribution is 2.62. The zero-order valence-corrected chi connectivity index (χ0v) is 17.1. The van der Waals surface area contributed by atoms with Crippen molar-refractivity contribution in [2.45, 2.75) is 84.2 Å². The van der Waals surface area contributed by atoms with Crippen LogP contribution in [0.15, 0.2) is 0 Å². The normalized spacial score (nSPS) is 34.7. The van der Waals surface area contributed by atoms with Crippen LogP contribution in [-0.4, -0.2) is 35.5 Å². The predicted molar refractivity (Wildman–Crippen MR) is 103 cm³/mol. The Kier molecular flexibility index (Phi) is 7.03. The SMILES string of the molecule is CC(C)[C@@H]1CCCP1CCP1[C@H](C(C)C)CC[C@H]1C(C)C. The highest BCUT2D eigenvalue weighted by atomic mass is 31.1. The summed E-state index contributed by atoms with van der Waals surface area (Å²) in [4.78, 5) is 0. The summed E-state index contributed by atoms with van der Waals surface area (Å²) in [5.41, 5.74) is 3.28. The topological polar surface area (TPSA) is 0 Å². The van der Waals surface area contributed by atoms with E-state index in [0.717, 1.165) is 34.7 Å². The molecule has 0 saturated carbocycles. The van der Waals surface area contributed by atoms with Gasteiger partial charge in [0.25, 0.3) is 0 Å². The molecule has 2 saturated heterocycles. The van der Waals surface area contributed by atoms with Crippen molar-refractivity contribution < 1.29 is 0 Å². The number of hydrogen-bond acceptors (Lipinski definition) is 0. The summed E-state index contributed by atoms with van der Waals surface area (Å²) in [5.74, 6) is 2.80. The van der Waals surface area contributed by atoms with Gasteiger partial charge in [-0.1, -0.05) is 49.5 Å². The summed E-state index contributed by atoms with van der Waals surface area (Å²) in [6, 6.07) is 0. The van der Waals surface area contributed by atoms with Gasteiger partial charge in [0.15, 0.2) is 0 Å².